The summed E-state index contributed by atoms with van der Waals surface area (Å²) in [4.78, 5) is 2.45. The van der Waals surface area contributed by atoms with Crippen LogP contribution in [0.25, 0.3) is 11.5 Å². The van der Waals surface area contributed by atoms with Gasteiger partial charge in [0.1, 0.15) is 0 Å². The third-order valence-electron chi connectivity index (χ3n) is 4.98. The van der Waals surface area contributed by atoms with E-state index in [4.69, 9.17) is 4.42 Å². The molecule has 0 aliphatic carbocycles. The van der Waals surface area contributed by atoms with Gasteiger partial charge in [0.25, 0.3) is 0 Å². The van der Waals surface area contributed by atoms with Crippen molar-refractivity contribution < 1.29 is 4.42 Å². The largest absolute Gasteiger partial charge is 0.419 e. The Kier molecular flexibility index (Phi) is 5.40. The van der Waals surface area contributed by atoms with Gasteiger partial charge in [-0.2, -0.15) is 0 Å². The molecule has 2 aromatic rings. The van der Waals surface area contributed by atoms with E-state index in [0.29, 0.717) is 17.2 Å². The van der Waals surface area contributed by atoms with Crippen molar-refractivity contribution in [3.63, 3.8) is 0 Å². The SMILES string of the molecule is CC(C)(C)C1CCCN(Cc2nnc(-c3ccccc3Br)o2)CC1. The lowest BCUT2D eigenvalue weighted by atomic mass is 9.77. The van der Waals surface area contributed by atoms with Gasteiger partial charge in [0.2, 0.25) is 11.8 Å². The van der Waals surface area contributed by atoms with E-state index < -0.39 is 0 Å². The Labute approximate surface area is 152 Å². The highest BCUT2D eigenvalue weighted by Crippen LogP contribution is 2.34. The minimum absolute atomic E-state index is 0.396. The highest BCUT2D eigenvalue weighted by Gasteiger charge is 2.27. The molecule has 0 amide bonds. The van der Waals surface area contributed by atoms with E-state index in [0.717, 1.165) is 35.6 Å². The van der Waals surface area contributed by atoms with Crippen molar-refractivity contribution in [2.75, 3.05) is 13.1 Å². The first-order valence-corrected chi connectivity index (χ1v) is 9.52. The highest BCUT2D eigenvalue weighted by molar-refractivity contribution is 9.10. The number of rotatable bonds is 3. The zero-order chi connectivity index (χ0) is 17.2. The summed E-state index contributed by atoms with van der Waals surface area (Å²) in [5, 5.41) is 8.46. The molecule has 24 heavy (non-hydrogen) atoms. The molecule has 0 N–H and O–H groups in total. The molecule has 4 nitrogen and oxygen atoms in total. The van der Waals surface area contributed by atoms with Crippen LogP contribution in [-0.4, -0.2) is 28.2 Å². The minimum Gasteiger partial charge on any atom is -0.419 e. The van der Waals surface area contributed by atoms with Crippen molar-refractivity contribution in [3.05, 3.63) is 34.6 Å². The number of halogens is 1. The lowest BCUT2D eigenvalue weighted by Gasteiger charge is -2.29. The normalized spacial score (nSPS) is 20.1. The quantitative estimate of drug-likeness (QED) is 0.725. The molecule has 1 unspecified atom stereocenters. The van der Waals surface area contributed by atoms with Gasteiger partial charge in [0, 0.05) is 4.47 Å². The average Bonchev–Trinajstić information content (AvgIpc) is 2.84. The van der Waals surface area contributed by atoms with Crippen LogP contribution in [0.2, 0.25) is 0 Å². The van der Waals surface area contributed by atoms with Crippen LogP contribution in [-0.2, 0) is 6.54 Å². The predicted molar refractivity (Wildman–Crippen MR) is 99.5 cm³/mol. The van der Waals surface area contributed by atoms with Crippen LogP contribution in [0.15, 0.2) is 33.2 Å². The maximum Gasteiger partial charge on any atom is 0.248 e. The first-order chi connectivity index (χ1) is 11.4. The van der Waals surface area contributed by atoms with E-state index in [1.807, 2.05) is 24.3 Å². The second kappa shape index (κ2) is 7.36. The third kappa shape index (κ3) is 4.25. The van der Waals surface area contributed by atoms with Crippen molar-refractivity contribution in [1.82, 2.24) is 15.1 Å². The van der Waals surface area contributed by atoms with Gasteiger partial charge >= 0.3 is 0 Å². The number of aromatic nitrogens is 2. The van der Waals surface area contributed by atoms with Gasteiger partial charge in [0.15, 0.2) is 0 Å². The number of hydrogen-bond donors (Lipinski definition) is 0. The molecule has 1 atom stereocenters. The standard InChI is InChI=1S/C19H26BrN3O/c1-19(2,3)14-7-6-11-23(12-10-14)13-17-21-22-18(24-17)15-8-4-5-9-16(15)20/h4-5,8-9,14H,6-7,10-13H2,1-3H3. The fourth-order valence-electron chi connectivity index (χ4n) is 3.43. The molecule has 1 aliphatic rings. The summed E-state index contributed by atoms with van der Waals surface area (Å²) >= 11 is 3.54. The molecule has 2 heterocycles. The number of benzene rings is 1. The van der Waals surface area contributed by atoms with Gasteiger partial charge in [-0.25, -0.2) is 0 Å². The first kappa shape index (κ1) is 17.6. The Hall–Kier alpha value is -1.20. The molecule has 0 saturated carbocycles. The van der Waals surface area contributed by atoms with Crippen LogP contribution in [0, 0.1) is 11.3 Å². The van der Waals surface area contributed by atoms with Crippen molar-refractivity contribution in [2.24, 2.45) is 11.3 Å². The van der Waals surface area contributed by atoms with Crippen molar-refractivity contribution in [3.8, 4) is 11.5 Å². The molecular weight excluding hydrogens is 366 g/mol. The fraction of sp³-hybridized carbons (Fsp3) is 0.579. The van der Waals surface area contributed by atoms with Crippen LogP contribution in [0.5, 0.6) is 0 Å². The molecular formula is C19H26BrN3O. The summed E-state index contributed by atoms with van der Waals surface area (Å²) in [6, 6.07) is 7.93. The van der Waals surface area contributed by atoms with Gasteiger partial charge in [-0.3, -0.25) is 4.90 Å². The Balaban J connectivity index is 1.64. The van der Waals surface area contributed by atoms with Gasteiger partial charge in [-0.15, -0.1) is 10.2 Å². The van der Waals surface area contributed by atoms with E-state index in [1.54, 1.807) is 0 Å². The molecule has 5 heteroatoms. The second-order valence-corrected chi connectivity index (χ2v) is 8.61. The molecule has 0 bridgehead atoms. The minimum atomic E-state index is 0.396. The van der Waals surface area contributed by atoms with Crippen LogP contribution < -0.4 is 0 Å². The Bertz CT molecular complexity index is 677. The van der Waals surface area contributed by atoms with E-state index in [1.165, 1.54) is 19.3 Å². The summed E-state index contributed by atoms with van der Waals surface area (Å²) in [5.74, 6) is 2.08. The van der Waals surface area contributed by atoms with Gasteiger partial charge < -0.3 is 4.42 Å². The lowest BCUT2D eigenvalue weighted by molar-refractivity contribution is 0.202. The molecule has 3 rings (SSSR count). The Morgan fingerprint density at radius 2 is 1.96 bits per heavy atom. The monoisotopic (exact) mass is 391 g/mol. The fourth-order valence-corrected chi connectivity index (χ4v) is 3.89. The summed E-state index contributed by atoms with van der Waals surface area (Å²) in [6.07, 6.45) is 3.80. The highest BCUT2D eigenvalue weighted by atomic mass is 79.9. The van der Waals surface area contributed by atoms with Crippen molar-refractivity contribution >= 4 is 15.9 Å². The number of hydrogen-bond acceptors (Lipinski definition) is 4. The van der Waals surface area contributed by atoms with Crippen molar-refractivity contribution in [2.45, 2.75) is 46.6 Å². The number of likely N-dealkylation sites (tertiary alicyclic amines) is 1. The van der Waals surface area contributed by atoms with Gasteiger partial charge in [-0.1, -0.05) is 32.9 Å². The molecule has 1 aromatic heterocycles. The van der Waals surface area contributed by atoms with E-state index in [9.17, 15) is 0 Å². The summed E-state index contributed by atoms with van der Waals surface area (Å²) < 4.78 is 6.87. The molecule has 0 radical (unpaired) electrons. The zero-order valence-electron chi connectivity index (χ0n) is 14.8. The lowest BCUT2D eigenvalue weighted by Crippen LogP contribution is -2.26. The van der Waals surface area contributed by atoms with Crippen LogP contribution >= 0.6 is 15.9 Å². The van der Waals surface area contributed by atoms with Gasteiger partial charge in [0.05, 0.1) is 12.1 Å². The van der Waals surface area contributed by atoms with Crippen LogP contribution in [0.3, 0.4) is 0 Å². The number of nitrogens with zero attached hydrogens (tertiary/aromatic N) is 3. The molecule has 1 aliphatic heterocycles. The first-order valence-electron chi connectivity index (χ1n) is 8.73. The zero-order valence-corrected chi connectivity index (χ0v) is 16.3. The summed E-state index contributed by atoms with van der Waals surface area (Å²) in [7, 11) is 0. The predicted octanol–water partition coefficient (Wildman–Crippen LogP) is 5.15. The van der Waals surface area contributed by atoms with E-state index in [2.05, 4.69) is 51.8 Å². The molecule has 1 aromatic carbocycles. The van der Waals surface area contributed by atoms with E-state index >= 15 is 0 Å². The molecule has 1 saturated heterocycles. The Morgan fingerprint density at radius 1 is 1.17 bits per heavy atom. The average molecular weight is 392 g/mol. The van der Waals surface area contributed by atoms with Crippen molar-refractivity contribution in [1.29, 1.82) is 0 Å². The maximum absolute atomic E-state index is 5.89. The van der Waals surface area contributed by atoms with Gasteiger partial charge in [-0.05, 0) is 71.7 Å². The maximum atomic E-state index is 5.89. The smallest absolute Gasteiger partial charge is 0.248 e. The molecule has 0 spiro atoms. The van der Waals surface area contributed by atoms with Crippen LogP contribution in [0.4, 0.5) is 0 Å². The third-order valence-corrected chi connectivity index (χ3v) is 5.67. The molecule has 1 fully saturated rings. The summed E-state index contributed by atoms with van der Waals surface area (Å²) in [5.41, 5.74) is 1.34. The van der Waals surface area contributed by atoms with E-state index in [-0.39, 0.29) is 0 Å². The Morgan fingerprint density at radius 3 is 2.71 bits per heavy atom. The summed E-state index contributed by atoms with van der Waals surface area (Å²) in [6.45, 7) is 10.0. The van der Waals surface area contributed by atoms with Crippen LogP contribution in [0.1, 0.15) is 45.9 Å². The molecule has 130 valence electrons. The topological polar surface area (TPSA) is 42.2 Å². The second-order valence-electron chi connectivity index (χ2n) is 7.75.